The highest BCUT2D eigenvalue weighted by molar-refractivity contribution is 5.88. The summed E-state index contributed by atoms with van der Waals surface area (Å²) >= 11 is 0. The third-order valence-electron chi connectivity index (χ3n) is 4.40. The van der Waals surface area contributed by atoms with Crippen LogP contribution in [0.4, 0.5) is 0 Å². The molecular weight excluding hydrogens is 264 g/mol. The number of nitrogens with zero attached hydrogens (tertiary/aromatic N) is 2. The predicted octanol–water partition coefficient (Wildman–Crippen LogP) is 2.37. The molecule has 1 saturated heterocycles. The topological polar surface area (TPSA) is 40.6 Å². The van der Waals surface area contributed by atoms with E-state index in [9.17, 15) is 9.59 Å². The predicted molar refractivity (Wildman–Crippen MR) is 83.7 cm³/mol. The van der Waals surface area contributed by atoms with E-state index in [1.54, 1.807) is 12.2 Å². The summed E-state index contributed by atoms with van der Waals surface area (Å²) in [5.74, 6) is 0.583. The average molecular weight is 290 g/mol. The summed E-state index contributed by atoms with van der Waals surface area (Å²) < 4.78 is 0. The van der Waals surface area contributed by atoms with Gasteiger partial charge in [-0.1, -0.05) is 37.5 Å². The van der Waals surface area contributed by atoms with Crippen LogP contribution in [0.2, 0.25) is 0 Å². The Labute approximate surface area is 127 Å². The van der Waals surface area contributed by atoms with E-state index in [-0.39, 0.29) is 11.8 Å². The Balaban J connectivity index is 1.79. The first kappa shape index (κ1) is 15.8. The minimum atomic E-state index is 0.0397. The first-order valence-electron chi connectivity index (χ1n) is 8.09. The quantitative estimate of drug-likeness (QED) is 0.591. The van der Waals surface area contributed by atoms with E-state index in [4.69, 9.17) is 0 Å². The van der Waals surface area contributed by atoms with Gasteiger partial charge in [0.15, 0.2) is 0 Å². The maximum atomic E-state index is 12.4. The van der Waals surface area contributed by atoms with Gasteiger partial charge in [0.05, 0.1) is 0 Å². The molecule has 1 aliphatic carbocycles. The molecule has 4 heteroatoms. The molecule has 0 aromatic rings. The number of allylic oxidation sites excluding steroid dienone is 3. The van der Waals surface area contributed by atoms with E-state index in [1.807, 2.05) is 28.9 Å². The molecule has 2 fully saturated rings. The zero-order valence-corrected chi connectivity index (χ0v) is 13.0. The monoisotopic (exact) mass is 290 g/mol. The average Bonchev–Trinajstić information content (AvgIpc) is 2.55. The van der Waals surface area contributed by atoms with Crippen molar-refractivity contribution in [3.63, 3.8) is 0 Å². The maximum Gasteiger partial charge on any atom is 0.246 e. The van der Waals surface area contributed by atoms with E-state index in [1.165, 1.54) is 19.3 Å². The molecule has 0 bridgehead atoms. The molecule has 2 amide bonds. The van der Waals surface area contributed by atoms with Crippen LogP contribution in [0.3, 0.4) is 0 Å². The van der Waals surface area contributed by atoms with Crippen molar-refractivity contribution >= 4 is 11.8 Å². The molecule has 2 rings (SSSR count). The lowest BCUT2D eigenvalue weighted by Gasteiger charge is -2.36. The number of rotatable bonds is 3. The summed E-state index contributed by atoms with van der Waals surface area (Å²) in [6, 6.07) is 0. The number of hydrogen-bond acceptors (Lipinski definition) is 2. The van der Waals surface area contributed by atoms with Crippen molar-refractivity contribution in [1.29, 1.82) is 0 Å². The lowest BCUT2D eigenvalue weighted by molar-refractivity contribution is -0.141. The second kappa shape index (κ2) is 8.01. The van der Waals surface area contributed by atoms with Crippen molar-refractivity contribution in [3.05, 3.63) is 24.3 Å². The lowest BCUT2D eigenvalue weighted by atomic mass is 9.88. The molecule has 116 valence electrons. The minimum Gasteiger partial charge on any atom is -0.339 e. The molecule has 0 spiro atoms. The van der Waals surface area contributed by atoms with E-state index in [0.29, 0.717) is 32.1 Å². The third-order valence-corrected chi connectivity index (χ3v) is 4.40. The van der Waals surface area contributed by atoms with Crippen LogP contribution < -0.4 is 0 Å². The van der Waals surface area contributed by atoms with Crippen LogP contribution in [0.15, 0.2) is 24.3 Å². The molecule has 1 saturated carbocycles. The first-order chi connectivity index (χ1) is 10.2. The van der Waals surface area contributed by atoms with Crippen molar-refractivity contribution in [1.82, 2.24) is 9.80 Å². The molecule has 0 atom stereocenters. The zero-order chi connectivity index (χ0) is 15.1. The SMILES string of the molecule is C/C=C/C=C/C(=O)N1CCN(C(=O)C2CCCCC2)CC1. The summed E-state index contributed by atoms with van der Waals surface area (Å²) in [6.45, 7) is 4.58. The van der Waals surface area contributed by atoms with Crippen molar-refractivity contribution in [3.8, 4) is 0 Å². The summed E-state index contributed by atoms with van der Waals surface area (Å²) in [6.07, 6.45) is 12.8. The van der Waals surface area contributed by atoms with Gasteiger partial charge in [-0.25, -0.2) is 0 Å². The molecule has 0 aromatic heterocycles. The lowest BCUT2D eigenvalue weighted by Crippen LogP contribution is -2.51. The van der Waals surface area contributed by atoms with Crippen LogP contribution in [0.1, 0.15) is 39.0 Å². The number of hydrogen-bond donors (Lipinski definition) is 0. The Morgan fingerprint density at radius 2 is 1.52 bits per heavy atom. The molecule has 4 nitrogen and oxygen atoms in total. The van der Waals surface area contributed by atoms with Gasteiger partial charge in [0.2, 0.25) is 11.8 Å². The molecule has 1 heterocycles. The van der Waals surface area contributed by atoms with Gasteiger partial charge in [-0.3, -0.25) is 9.59 Å². The highest BCUT2D eigenvalue weighted by atomic mass is 16.2. The normalized spacial score (nSPS) is 21.4. The number of carbonyl (C=O) groups is 2. The molecule has 0 unspecified atom stereocenters. The Kier molecular flexibility index (Phi) is 6.03. The molecule has 1 aliphatic heterocycles. The first-order valence-corrected chi connectivity index (χ1v) is 8.09. The van der Waals surface area contributed by atoms with Gasteiger partial charge in [0.1, 0.15) is 0 Å². The Morgan fingerprint density at radius 1 is 0.905 bits per heavy atom. The molecular formula is C17H26N2O2. The zero-order valence-electron chi connectivity index (χ0n) is 13.0. The summed E-state index contributed by atoms with van der Waals surface area (Å²) in [5, 5.41) is 0. The second-order valence-electron chi connectivity index (χ2n) is 5.87. The molecule has 2 aliphatic rings. The van der Waals surface area contributed by atoms with Gasteiger partial charge in [0, 0.05) is 38.2 Å². The van der Waals surface area contributed by atoms with E-state index < -0.39 is 0 Å². The van der Waals surface area contributed by atoms with Gasteiger partial charge in [-0.2, -0.15) is 0 Å². The Bertz CT molecular complexity index is 415. The van der Waals surface area contributed by atoms with Crippen LogP contribution in [0.5, 0.6) is 0 Å². The van der Waals surface area contributed by atoms with Gasteiger partial charge >= 0.3 is 0 Å². The van der Waals surface area contributed by atoms with Crippen LogP contribution in [-0.4, -0.2) is 47.8 Å². The molecule has 21 heavy (non-hydrogen) atoms. The largest absolute Gasteiger partial charge is 0.339 e. The standard InChI is InChI=1S/C17H26N2O2/c1-2-3-5-10-16(20)18-11-13-19(14-12-18)17(21)15-8-6-4-7-9-15/h2-3,5,10,15H,4,6-9,11-14H2,1H3/b3-2+,10-5+. The van der Waals surface area contributed by atoms with E-state index in [2.05, 4.69) is 0 Å². The summed E-state index contributed by atoms with van der Waals surface area (Å²) in [5.41, 5.74) is 0. The fourth-order valence-electron chi connectivity index (χ4n) is 3.11. The van der Waals surface area contributed by atoms with Crippen LogP contribution in [0, 0.1) is 5.92 Å². The van der Waals surface area contributed by atoms with Gasteiger partial charge in [-0.05, 0) is 19.8 Å². The Morgan fingerprint density at radius 3 is 2.14 bits per heavy atom. The van der Waals surface area contributed by atoms with Crippen LogP contribution in [0.25, 0.3) is 0 Å². The van der Waals surface area contributed by atoms with Gasteiger partial charge in [0.25, 0.3) is 0 Å². The molecule has 0 N–H and O–H groups in total. The van der Waals surface area contributed by atoms with Crippen molar-refractivity contribution in [2.24, 2.45) is 5.92 Å². The number of piperazine rings is 1. The fourth-order valence-corrected chi connectivity index (χ4v) is 3.11. The highest BCUT2D eigenvalue weighted by Crippen LogP contribution is 2.25. The van der Waals surface area contributed by atoms with Crippen molar-refractivity contribution < 1.29 is 9.59 Å². The number of amides is 2. The van der Waals surface area contributed by atoms with Crippen LogP contribution in [-0.2, 0) is 9.59 Å². The second-order valence-corrected chi connectivity index (χ2v) is 5.87. The molecule has 0 radical (unpaired) electrons. The maximum absolute atomic E-state index is 12.4. The van der Waals surface area contributed by atoms with Gasteiger partial charge < -0.3 is 9.80 Å². The van der Waals surface area contributed by atoms with E-state index >= 15 is 0 Å². The van der Waals surface area contributed by atoms with Crippen molar-refractivity contribution in [2.75, 3.05) is 26.2 Å². The minimum absolute atomic E-state index is 0.0397. The van der Waals surface area contributed by atoms with Gasteiger partial charge in [-0.15, -0.1) is 0 Å². The third kappa shape index (κ3) is 4.45. The fraction of sp³-hybridized carbons (Fsp3) is 0.647. The van der Waals surface area contributed by atoms with Crippen LogP contribution >= 0.6 is 0 Å². The smallest absolute Gasteiger partial charge is 0.246 e. The number of carbonyl (C=O) groups excluding carboxylic acids is 2. The van der Waals surface area contributed by atoms with E-state index in [0.717, 1.165) is 12.8 Å². The van der Waals surface area contributed by atoms with Crippen molar-refractivity contribution in [2.45, 2.75) is 39.0 Å². The summed E-state index contributed by atoms with van der Waals surface area (Å²) in [4.78, 5) is 28.2. The Hall–Kier alpha value is -1.58. The summed E-state index contributed by atoms with van der Waals surface area (Å²) in [7, 11) is 0. The highest BCUT2D eigenvalue weighted by Gasteiger charge is 2.29. The molecule has 0 aromatic carbocycles.